The maximum Gasteiger partial charge on any atom is 0.170 e. The number of hydrogen-bond donors (Lipinski definition) is 4. The maximum absolute atomic E-state index is 9.48. The zero-order valence-electron chi connectivity index (χ0n) is 11.3. The lowest BCUT2D eigenvalue weighted by atomic mass is 10.1. The molecule has 0 bridgehead atoms. The molecule has 0 aromatic heterocycles. The van der Waals surface area contributed by atoms with Crippen molar-refractivity contribution in [3.05, 3.63) is 34.3 Å². The zero-order valence-corrected chi connectivity index (χ0v) is 12.1. The van der Waals surface area contributed by atoms with Crippen molar-refractivity contribution >= 4 is 17.4 Å². The molecule has 0 aliphatic heterocycles. The average Bonchev–Trinajstić information content (AvgIpc) is 2.44. The molecular weight excluding hydrogens is 282 g/mol. The lowest BCUT2D eigenvalue weighted by Crippen LogP contribution is -2.23. The number of aliphatic hydroxyl groups excluding tert-OH is 1. The highest BCUT2D eigenvalue weighted by atomic mass is 35.5. The number of aliphatic hydroxyl groups is 1. The standard InChI is InChI=1S/C13H20ClN3O3/c1-20-8-11(18)4-5-16-7-10-3-2-9(6-12(10)14)13(15)17-19/h2-3,6,11,16,18-19H,4-5,7-8H2,1H3,(H2,15,17). The Morgan fingerprint density at radius 1 is 1.55 bits per heavy atom. The van der Waals surface area contributed by atoms with Crippen molar-refractivity contribution in [2.75, 3.05) is 20.3 Å². The molecule has 0 heterocycles. The minimum atomic E-state index is -0.467. The van der Waals surface area contributed by atoms with Gasteiger partial charge in [-0.1, -0.05) is 28.9 Å². The van der Waals surface area contributed by atoms with E-state index < -0.39 is 6.10 Å². The minimum absolute atomic E-state index is 0.0223. The van der Waals surface area contributed by atoms with Crippen LogP contribution >= 0.6 is 11.6 Å². The zero-order chi connectivity index (χ0) is 15.0. The van der Waals surface area contributed by atoms with Gasteiger partial charge in [-0.25, -0.2) is 0 Å². The van der Waals surface area contributed by atoms with Crippen LogP contribution in [0.3, 0.4) is 0 Å². The number of nitrogens with one attached hydrogen (secondary N) is 1. The third kappa shape index (κ3) is 5.34. The van der Waals surface area contributed by atoms with Crippen LogP contribution in [-0.4, -0.2) is 42.5 Å². The average molecular weight is 302 g/mol. The Hall–Kier alpha value is -1.34. The van der Waals surface area contributed by atoms with E-state index >= 15 is 0 Å². The highest BCUT2D eigenvalue weighted by Crippen LogP contribution is 2.17. The SMILES string of the molecule is COCC(O)CCNCc1ccc(/C(N)=N/O)cc1Cl. The first-order valence-corrected chi connectivity index (χ1v) is 6.60. The molecule has 0 saturated heterocycles. The summed E-state index contributed by atoms with van der Waals surface area (Å²) in [5.74, 6) is 0.0223. The second kappa shape index (κ2) is 8.76. The number of rotatable bonds is 8. The Kier molecular flexibility index (Phi) is 7.32. The summed E-state index contributed by atoms with van der Waals surface area (Å²) in [6.45, 7) is 1.56. The number of halogens is 1. The molecule has 0 fully saturated rings. The second-order valence-electron chi connectivity index (χ2n) is 4.37. The van der Waals surface area contributed by atoms with Gasteiger partial charge in [0.2, 0.25) is 0 Å². The summed E-state index contributed by atoms with van der Waals surface area (Å²) in [5, 5.41) is 24.7. The lowest BCUT2D eigenvalue weighted by molar-refractivity contribution is 0.0594. The molecule has 0 aliphatic rings. The molecule has 1 atom stereocenters. The predicted octanol–water partition coefficient (Wildman–Crippen LogP) is 0.922. The molecule has 20 heavy (non-hydrogen) atoms. The highest BCUT2D eigenvalue weighted by molar-refractivity contribution is 6.31. The van der Waals surface area contributed by atoms with Crippen LogP contribution in [0, 0.1) is 0 Å². The molecule has 112 valence electrons. The first-order valence-electron chi connectivity index (χ1n) is 6.22. The van der Waals surface area contributed by atoms with Gasteiger partial charge < -0.3 is 26.1 Å². The smallest absolute Gasteiger partial charge is 0.170 e. The van der Waals surface area contributed by atoms with Gasteiger partial charge in [-0.3, -0.25) is 0 Å². The molecule has 0 amide bonds. The van der Waals surface area contributed by atoms with Gasteiger partial charge >= 0.3 is 0 Å². The van der Waals surface area contributed by atoms with Gasteiger partial charge in [-0.15, -0.1) is 0 Å². The van der Waals surface area contributed by atoms with Crippen molar-refractivity contribution in [1.29, 1.82) is 0 Å². The number of methoxy groups -OCH3 is 1. The van der Waals surface area contributed by atoms with Crippen LogP contribution in [0.2, 0.25) is 5.02 Å². The Morgan fingerprint density at radius 2 is 2.30 bits per heavy atom. The molecule has 0 radical (unpaired) electrons. The van der Waals surface area contributed by atoms with Crippen LogP contribution in [0.15, 0.2) is 23.4 Å². The second-order valence-corrected chi connectivity index (χ2v) is 4.77. The summed E-state index contributed by atoms with van der Waals surface area (Å²) in [4.78, 5) is 0. The predicted molar refractivity (Wildman–Crippen MR) is 78.2 cm³/mol. The van der Waals surface area contributed by atoms with Crippen LogP contribution in [-0.2, 0) is 11.3 Å². The van der Waals surface area contributed by atoms with E-state index in [0.29, 0.717) is 36.7 Å². The third-order valence-corrected chi connectivity index (χ3v) is 3.14. The minimum Gasteiger partial charge on any atom is -0.409 e. The summed E-state index contributed by atoms with van der Waals surface area (Å²) in [6.07, 6.45) is 0.138. The lowest BCUT2D eigenvalue weighted by Gasteiger charge is -2.11. The Bertz CT molecular complexity index is 454. The molecular formula is C13H20ClN3O3. The Balaban J connectivity index is 2.45. The number of ether oxygens (including phenoxy) is 1. The van der Waals surface area contributed by atoms with E-state index in [9.17, 15) is 5.11 Å². The number of amidine groups is 1. The fourth-order valence-corrected chi connectivity index (χ4v) is 1.92. The molecule has 1 rings (SSSR count). The van der Waals surface area contributed by atoms with Gasteiger partial charge in [-0.05, 0) is 24.6 Å². The van der Waals surface area contributed by atoms with E-state index in [0.717, 1.165) is 5.56 Å². The van der Waals surface area contributed by atoms with Gasteiger partial charge in [0.25, 0.3) is 0 Å². The topological polar surface area (TPSA) is 100 Å². The first-order chi connectivity index (χ1) is 9.58. The number of oxime groups is 1. The summed E-state index contributed by atoms with van der Waals surface area (Å²) in [7, 11) is 1.55. The quantitative estimate of drug-likeness (QED) is 0.188. The fraction of sp³-hybridized carbons (Fsp3) is 0.462. The van der Waals surface area contributed by atoms with Crippen molar-refractivity contribution < 1.29 is 15.1 Å². The van der Waals surface area contributed by atoms with Crippen LogP contribution < -0.4 is 11.1 Å². The molecule has 1 aromatic rings. The summed E-state index contributed by atoms with van der Waals surface area (Å²) in [6, 6.07) is 5.19. The van der Waals surface area contributed by atoms with E-state index in [2.05, 4.69) is 10.5 Å². The number of nitrogens with two attached hydrogens (primary N) is 1. The molecule has 0 spiro atoms. The number of hydrogen-bond acceptors (Lipinski definition) is 5. The molecule has 0 saturated carbocycles. The van der Waals surface area contributed by atoms with Gasteiger partial charge in [0.05, 0.1) is 12.7 Å². The van der Waals surface area contributed by atoms with Crippen molar-refractivity contribution in [1.82, 2.24) is 5.32 Å². The van der Waals surface area contributed by atoms with Crippen LogP contribution in [0.4, 0.5) is 0 Å². The van der Waals surface area contributed by atoms with Crippen LogP contribution in [0.1, 0.15) is 17.5 Å². The van der Waals surface area contributed by atoms with Crippen LogP contribution in [0.25, 0.3) is 0 Å². The Labute approximate surface area is 123 Å². The number of benzene rings is 1. The molecule has 1 unspecified atom stereocenters. The Morgan fingerprint density at radius 3 is 2.90 bits per heavy atom. The third-order valence-electron chi connectivity index (χ3n) is 2.79. The van der Waals surface area contributed by atoms with E-state index in [4.69, 9.17) is 27.3 Å². The largest absolute Gasteiger partial charge is 0.409 e. The van der Waals surface area contributed by atoms with Crippen LogP contribution in [0.5, 0.6) is 0 Å². The van der Waals surface area contributed by atoms with E-state index in [-0.39, 0.29) is 5.84 Å². The normalized spacial score (nSPS) is 13.4. The molecule has 6 nitrogen and oxygen atoms in total. The molecule has 7 heteroatoms. The molecule has 5 N–H and O–H groups in total. The van der Waals surface area contributed by atoms with Gasteiger partial charge in [-0.2, -0.15) is 0 Å². The highest BCUT2D eigenvalue weighted by Gasteiger charge is 2.06. The van der Waals surface area contributed by atoms with Gasteiger partial charge in [0.15, 0.2) is 5.84 Å². The summed E-state index contributed by atoms with van der Waals surface area (Å²) in [5.41, 5.74) is 6.95. The maximum atomic E-state index is 9.48. The van der Waals surface area contributed by atoms with E-state index in [1.165, 1.54) is 0 Å². The monoisotopic (exact) mass is 301 g/mol. The fourth-order valence-electron chi connectivity index (χ4n) is 1.68. The van der Waals surface area contributed by atoms with Crippen molar-refractivity contribution in [3.63, 3.8) is 0 Å². The van der Waals surface area contributed by atoms with Crippen molar-refractivity contribution in [2.45, 2.75) is 19.1 Å². The number of nitrogens with zero attached hydrogens (tertiary/aromatic N) is 1. The summed E-state index contributed by atoms with van der Waals surface area (Å²) >= 11 is 6.12. The first kappa shape index (κ1) is 16.7. The van der Waals surface area contributed by atoms with Crippen molar-refractivity contribution in [3.8, 4) is 0 Å². The van der Waals surface area contributed by atoms with E-state index in [1.807, 2.05) is 6.07 Å². The summed E-state index contributed by atoms with van der Waals surface area (Å²) < 4.78 is 4.84. The van der Waals surface area contributed by atoms with Gasteiger partial charge in [0, 0.05) is 24.2 Å². The van der Waals surface area contributed by atoms with E-state index in [1.54, 1.807) is 19.2 Å². The molecule has 1 aromatic carbocycles. The van der Waals surface area contributed by atoms with Crippen molar-refractivity contribution in [2.24, 2.45) is 10.9 Å². The van der Waals surface area contributed by atoms with Gasteiger partial charge in [0.1, 0.15) is 0 Å². The molecule has 0 aliphatic carbocycles.